The second-order valence-corrected chi connectivity index (χ2v) is 6.61. The minimum absolute atomic E-state index is 0.537. The fourth-order valence-corrected chi connectivity index (χ4v) is 3.17. The number of hydrogen-bond donors (Lipinski definition) is 1. The Morgan fingerprint density at radius 1 is 1.21 bits per heavy atom. The molecular formula is C14H18Cl2N2S. The van der Waals surface area contributed by atoms with Gasteiger partial charge in [0.15, 0.2) is 5.11 Å². The van der Waals surface area contributed by atoms with Gasteiger partial charge in [0.25, 0.3) is 0 Å². The Labute approximate surface area is 130 Å². The highest BCUT2D eigenvalue weighted by Gasteiger charge is 2.23. The van der Waals surface area contributed by atoms with Crippen LogP contribution in [0.4, 0.5) is 5.69 Å². The highest BCUT2D eigenvalue weighted by atomic mass is 35.5. The van der Waals surface area contributed by atoms with Crippen LogP contribution >= 0.6 is 35.4 Å². The first-order valence-corrected chi connectivity index (χ1v) is 7.63. The lowest BCUT2D eigenvalue weighted by molar-refractivity contribution is 0.216. The van der Waals surface area contributed by atoms with Crippen LogP contribution in [0, 0.1) is 11.8 Å². The van der Waals surface area contributed by atoms with Crippen LogP contribution in [0.2, 0.25) is 10.0 Å². The normalized spacial score (nSPS) is 23.3. The summed E-state index contributed by atoms with van der Waals surface area (Å²) in [4.78, 5) is 2.23. The summed E-state index contributed by atoms with van der Waals surface area (Å²) in [5.41, 5.74) is 0.880. The van der Waals surface area contributed by atoms with Gasteiger partial charge in [-0.1, -0.05) is 37.0 Å². The number of rotatable bonds is 1. The van der Waals surface area contributed by atoms with Crippen LogP contribution < -0.4 is 5.32 Å². The molecule has 1 heterocycles. The molecule has 0 unspecified atom stereocenters. The summed E-state index contributed by atoms with van der Waals surface area (Å²) in [5.74, 6) is 1.36. The second-order valence-electron chi connectivity index (χ2n) is 5.41. The highest BCUT2D eigenvalue weighted by molar-refractivity contribution is 7.80. The van der Waals surface area contributed by atoms with Crippen LogP contribution in [0.15, 0.2) is 18.2 Å². The average Bonchev–Trinajstić information content (AvgIpc) is 2.32. The maximum Gasteiger partial charge on any atom is 0.173 e. The van der Waals surface area contributed by atoms with Gasteiger partial charge in [0.05, 0.1) is 10.0 Å². The van der Waals surface area contributed by atoms with Crippen LogP contribution in [0.3, 0.4) is 0 Å². The van der Waals surface area contributed by atoms with E-state index in [0.717, 1.165) is 23.9 Å². The largest absolute Gasteiger partial charge is 0.348 e. The van der Waals surface area contributed by atoms with Crippen molar-refractivity contribution in [1.82, 2.24) is 4.90 Å². The zero-order valence-electron chi connectivity index (χ0n) is 11.1. The highest BCUT2D eigenvalue weighted by Crippen LogP contribution is 2.26. The van der Waals surface area contributed by atoms with Crippen molar-refractivity contribution in [2.75, 3.05) is 18.4 Å². The number of anilines is 1. The topological polar surface area (TPSA) is 15.3 Å². The van der Waals surface area contributed by atoms with E-state index in [1.807, 2.05) is 6.07 Å². The first-order chi connectivity index (χ1) is 8.95. The Balaban J connectivity index is 2.02. The van der Waals surface area contributed by atoms with Crippen LogP contribution in [-0.2, 0) is 0 Å². The minimum Gasteiger partial charge on any atom is -0.348 e. The summed E-state index contributed by atoms with van der Waals surface area (Å²) < 4.78 is 0. The SMILES string of the molecule is C[C@@H]1C[C@H](C)CN(C(=S)Nc2ccc(Cl)c(Cl)c2)C1. The van der Waals surface area contributed by atoms with Crippen molar-refractivity contribution >= 4 is 46.2 Å². The molecule has 1 aromatic carbocycles. The molecule has 0 aromatic heterocycles. The van der Waals surface area contributed by atoms with Gasteiger partial charge in [-0.15, -0.1) is 0 Å². The maximum atomic E-state index is 6.00. The van der Waals surface area contributed by atoms with Gasteiger partial charge in [0.1, 0.15) is 0 Å². The number of benzene rings is 1. The third-order valence-electron chi connectivity index (χ3n) is 3.33. The molecule has 2 rings (SSSR count). The molecule has 0 spiro atoms. The van der Waals surface area contributed by atoms with E-state index in [2.05, 4.69) is 24.1 Å². The minimum atomic E-state index is 0.537. The quantitative estimate of drug-likeness (QED) is 0.758. The van der Waals surface area contributed by atoms with E-state index in [9.17, 15) is 0 Å². The molecule has 1 fully saturated rings. The van der Waals surface area contributed by atoms with Crippen LogP contribution in [0.25, 0.3) is 0 Å². The zero-order valence-corrected chi connectivity index (χ0v) is 13.4. The summed E-state index contributed by atoms with van der Waals surface area (Å²) in [6, 6.07) is 5.46. The Kier molecular flexibility index (Phi) is 4.93. The molecular weight excluding hydrogens is 299 g/mol. The molecule has 2 nitrogen and oxygen atoms in total. The summed E-state index contributed by atoms with van der Waals surface area (Å²) in [6.45, 7) is 6.56. The fraction of sp³-hybridized carbons (Fsp3) is 0.500. The van der Waals surface area contributed by atoms with Gasteiger partial charge in [-0.05, 0) is 48.7 Å². The number of thiocarbonyl (C=S) groups is 1. The van der Waals surface area contributed by atoms with Gasteiger partial charge in [-0.3, -0.25) is 0 Å². The summed E-state index contributed by atoms with van der Waals surface area (Å²) >= 11 is 17.4. The van der Waals surface area contributed by atoms with Gasteiger partial charge in [-0.2, -0.15) is 0 Å². The molecule has 1 N–H and O–H groups in total. The Hall–Kier alpha value is -0.510. The zero-order chi connectivity index (χ0) is 14.0. The third kappa shape index (κ3) is 3.98. The van der Waals surface area contributed by atoms with E-state index in [1.165, 1.54) is 6.42 Å². The molecule has 0 bridgehead atoms. The third-order valence-corrected chi connectivity index (χ3v) is 4.43. The Morgan fingerprint density at radius 2 is 1.84 bits per heavy atom. The summed E-state index contributed by atoms with van der Waals surface area (Å²) in [6.07, 6.45) is 1.27. The molecule has 2 atom stereocenters. The molecule has 1 saturated heterocycles. The number of likely N-dealkylation sites (tertiary alicyclic amines) is 1. The Morgan fingerprint density at radius 3 is 2.42 bits per heavy atom. The maximum absolute atomic E-state index is 6.00. The van der Waals surface area contributed by atoms with Gasteiger partial charge in [0, 0.05) is 18.8 Å². The molecule has 0 saturated carbocycles. The number of nitrogens with one attached hydrogen (secondary N) is 1. The number of piperidine rings is 1. The van der Waals surface area contributed by atoms with Crippen molar-refractivity contribution in [2.45, 2.75) is 20.3 Å². The fourth-order valence-electron chi connectivity index (χ4n) is 2.61. The van der Waals surface area contributed by atoms with E-state index < -0.39 is 0 Å². The predicted octanol–water partition coefficient (Wildman–Crippen LogP) is 4.67. The smallest absolute Gasteiger partial charge is 0.173 e. The van der Waals surface area contributed by atoms with Crippen molar-refractivity contribution in [3.63, 3.8) is 0 Å². The van der Waals surface area contributed by atoms with Crippen LogP contribution in [0.5, 0.6) is 0 Å². The van der Waals surface area contributed by atoms with E-state index in [4.69, 9.17) is 35.4 Å². The number of nitrogens with zero attached hydrogens (tertiary/aromatic N) is 1. The molecule has 104 valence electrons. The van der Waals surface area contributed by atoms with Gasteiger partial charge in [0.2, 0.25) is 0 Å². The standard InChI is InChI=1S/C14H18Cl2N2S/c1-9-5-10(2)8-18(7-9)14(19)17-11-3-4-12(15)13(16)6-11/h3-4,6,9-10H,5,7-8H2,1-2H3,(H,17,19)/t9-,10+. The molecule has 1 aliphatic heterocycles. The van der Waals surface area contributed by atoms with Crippen molar-refractivity contribution in [2.24, 2.45) is 11.8 Å². The summed E-state index contributed by atoms with van der Waals surface area (Å²) in [5, 5.41) is 5.09. The first-order valence-electron chi connectivity index (χ1n) is 6.46. The van der Waals surface area contributed by atoms with Gasteiger partial charge in [-0.25, -0.2) is 0 Å². The lowest BCUT2D eigenvalue weighted by atomic mass is 9.92. The van der Waals surface area contributed by atoms with E-state index >= 15 is 0 Å². The van der Waals surface area contributed by atoms with Crippen molar-refractivity contribution < 1.29 is 0 Å². The lowest BCUT2D eigenvalue weighted by Crippen LogP contribution is -2.44. The first kappa shape index (κ1) is 14.9. The van der Waals surface area contributed by atoms with Gasteiger partial charge < -0.3 is 10.2 Å². The van der Waals surface area contributed by atoms with Gasteiger partial charge >= 0.3 is 0 Å². The molecule has 19 heavy (non-hydrogen) atoms. The van der Waals surface area contributed by atoms with E-state index in [0.29, 0.717) is 21.9 Å². The summed E-state index contributed by atoms with van der Waals surface area (Å²) in [7, 11) is 0. The molecule has 5 heteroatoms. The Bertz CT molecular complexity index is 469. The van der Waals surface area contributed by atoms with E-state index in [-0.39, 0.29) is 0 Å². The number of halogens is 2. The lowest BCUT2D eigenvalue weighted by Gasteiger charge is -2.36. The number of hydrogen-bond acceptors (Lipinski definition) is 1. The monoisotopic (exact) mass is 316 g/mol. The molecule has 1 aromatic rings. The van der Waals surface area contributed by atoms with Crippen molar-refractivity contribution in [1.29, 1.82) is 0 Å². The van der Waals surface area contributed by atoms with E-state index in [1.54, 1.807) is 12.1 Å². The van der Waals surface area contributed by atoms with Crippen molar-refractivity contribution in [3.8, 4) is 0 Å². The average molecular weight is 317 g/mol. The van der Waals surface area contributed by atoms with Crippen molar-refractivity contribution in [3.05, 3.63) is 28.2 Å². The second kappa shape index (κ2) is 6.29. The molecule has 0 radical (unpaired) electrons. The van der Waals surface area contributed by atoms with Crippen LogP contribution in [0.1, 0.15) is 20.3 Å². The predicted molar refractivity (Wildman–Crippen MR) is 87.2 cm³/mol. The molecule has 1 aliphatic rings. The molecule has 0 amide bonds. The molecule has 0 aliphatic carbocycles. The van der Waals surface area contributed by atoms with Crippen LogP contribution in [-0.4, -0.2) is 23.1 Å².